The van der Waals surface area contributed by atoms with E-state index in [-0.39, 0.29) is 16.7 Å². The zero-order chi connectivity index (χ0) is 23.5. The highest BCUT2D eigenvalue weighted by Gasteiger charge is 2.37. The minimum absolute atomic E-state index is 0.0843. The Morgan fingerprint density at radius 2 is 1.62 bits per heavy atom. The topological polar surface area (TPSA) is 102 Å². The van der Waals surface area contributed by atoms with Crippen molar-refractivity contribution in [3.8, 4) is 5.75 Å². The van der Waals surface area contributed by atoms with Gasteiger partial charge in [-0.25, -0.2) is 9.69 Å². The summed E-state index contributed by atoms with van der Waals surface area (Å²) in [5, 5.41) is 2.77. The van der Waals surface area contributed by atoms with Crippen LogP contribution in [0.25, 0.3) is 0 Å². The maximum absolute atomic E-state index is 12.9. The van der Waals surface area contributed by atoms with Crippen molar-refractivity contribution in [3.05, 3.63) is 59.2 Å². The standard InChI is InChI=1S/C24H26N2O6/c1-5-24(3,4)25-20(27)14-32-23(30)15-7-12-18-19(13-15)22(29)26(21(18)28)16-8-10-17(11-9-16)31-6-2/h7-13H,5-6,14H2,1-4H3,(H,25,27). The van der Waals surface area contributed by atoms with Crippen LogP contribution in [0.2, 0.25) is 0 Å². The lowest BCUT2D eigenvalue weighted by Crippen LogP contribution is -2.44. The molecule has 3 rings (SSSR count). The van der Waals surface area contributed by atoms with Crippen LogP contribution in [0.5, 0.6) is 5.75 Å². The molecule has 2 aromatic rings. The number of fused-ring (bicyclic) bond motifs is 1. The second kappa shape index (κ2) is 9.21. The van der Waals surface area contributed by atoms with Gasteiger partial charge < -0.3 is 14.8 Å². The van der Waals surface area contributed by atoms with Crippen molar-refractivity contribution in [1.82, 2.24) is 5.32 Å². The molecule has 0 aromatic heterocycles. The molecule has 0 unspecified atom stereocenters. The molecule has 0 atom stereocenters. The van der Waals surface area contributed by atoms with Crippen LogP contribution >= 0.6 is 0 Å². The van der Waals surface area contributed by atoms with Gasteiger partial charge in [0.05, 0.1) is 29.0 Å². The summed E-state index contributed by atoms with van der Waals surface area (Å²) in [5.41, 5.74) is 0.381. The summed E-state index contributed by atoms with van der Waals surface area (Å²) in [7, 11) is 0. The molecule has 32 heavy (non-hydrogen) atoms. The van der Waals surface area contributed by atoms with Crippen molar-refractivity contribution in [2.45, 2.75) is 39.7 Å². The van der Waals surface area contributed by atoms with Gasteiger partial charge in [-0.05, 0) is 69.7 Å². The summed E-state index contributed by atoms with van der Waals surface area (Å²) in [5.74, 6) is -1.55. The Labute approximate surface area is 186 Å². The predicted molar refractivity (Wildman–Crippen MR) is 118 cm³/mol. The number of imide groups is 1. The first-order chi connectivity index (χ1) is 15.2. The number of amides is 3. The van der Waals surface area contributed by atoms with Crippen molar-refractivity contribution < 1.29 is 28.7 Å². The highest BCUT2D eigenvalue weighted by atomic mass is 16.5. The molecule has 8 nitrogen and oxygen atoms in total. The number of rotatable bonds is 8. The molecule has 0 radical (unpaired) electrons. The van der Waals surface area contributed by atoms with Gasteiger partial charge in [-0.2, -0.15) is 0 Å². The summed E-state index contributed by atoms with van der Waals surface area (Å²) in [6, 6.07) is 10.7. The van der Waals surface area contributed by atoms with Crippen molar-refractivity contribution in [2.75, 3.05) is 18.1 Å². The molecule has 8 heteroatoms. The first kappa shape index (κ1) is 23.0. The largest absolute Gasteiger partial charge is 0.494 e. The molecule has 0 aliphatic carbocycles. The maximum atomic E-state index is 12.9. The van der Waals surface area contributed by atoms with Crippen LogP contribution in [-0.4, -0.2) is 42.4 Å². The van der Waals surface area contributed by atoms with Crippen LogP contribution < -0.4 is 15.0 Å². The Bertz CT molecular complexity index is 1060. The molecule has 0 spiro atoms. The predicted octanol–water partition coefficient (Wildman–Crippen LogP) is 3.35. The van der Waals surface area contributed by atoms with Crippen LogP contribution in [0.15, 0.2) is 42.5 Å². The van der Waals surface area contributed by atoms with E-state index in [1.165, 1.54) is 18.2 Å². The Hall–Kier alpha value is -3.68. The lowest BCUT2D eigenvalue weighted by molar-refractivity contribution is -0.125. The summed E-state index contributed by atoms with van der Waals surface area (Å²) < 4.78 is 10.5. The summed E-state index contributed by atoms with van der Waals surface area (Å²) in [4.78, 5) is 51.1. The highest BCUT2D eigenvalue weighted by Crippen LogP contribution is 2.30. The number of hydrogen-bond acceptors (Lipinski definition) is 6. The molecular formula is C24H26N2O6. The Morgan fingerprint density at radius 3 is 2.25 bits per heavy atom. The van der Waals surface area contributed by atoms with Crippen molar-refractivity contribution >= 4 is 29.4 Å². The number of carbonyl (C=O) groups is 4. The van der Waals surface area contributed by atoms with Gasteiger partial charge in [-0.15, -0.1) is 0 Å². The second-order valence-corrected chi connectivity index (χ2v) is 7.99. The van der Waals surface area contributed by atoms with E-state index in [4.69, 9.17) is 9.47 Å². The molecule has 1 N–H and O–H groups in total. The quantitative estimate of drug-likeness (QED) is 0.501. The normalized spacial score (nSPS) is 13.1. The van der Waals surface area contributed by atoms with Crippen LogP contribution in [0.3, 0.4) is 0 Å². The number of carbonyl (C=O) groups excluding carboxylic acids is 4. The number of benzene rings is 2. The highest BCUT2D eigenvalue weighted by molar-refractivity contribution is 6.34. The molecule has 1 heterocycles. The Kier molecular flexibility index (Phi) is 6.62. The van der Waals surface area contributed by atoms with Gasteiger partial charge >= 0.3 is 5.97 Å². The van der Waals surface area contributed by atoms with Gasteiger partial charge in [0.2, 0.25) is 0 Å². The molecular weight excluding hydrogens is 412 g/mol. The van der Waals surface area contributed by atoms with Gasteiger partial charge in [-0.3, -0.25) is 14.4 Å². The monoisotopic (exact) mass is 438 g/mol. The fourth-order valence-corrected chi connectivity index (χ4v) is 3.18. The number of hydrogen-bond donors (Lipinski definition) is 1. The van der Waals surface area contributed by atoms with E-state index in [2.05, 4.69) is 5.32 Å². The minimum Gasteiger partial charge on any atom is -0.494 e. The zero-order valence-corrected chi connectivity index (χ0v) is 18.6. The van der Waals surface area contributed by atoms with Gasteiger partial charge in [0.25, 0.3) is 17.7 Å². The first-order valence-corrected chi connectivity index (χ1v) is 10.4. The summed E-state index contributed by atoms with van der Waals surface area (Å²) in [6.07, 6.45) is 0.721. The molecule has 2 aromatic carbocycles. The third kappa shape index (κ3) is 4.80. The number of esters is 1. The van der Waals surface area contributed by atoms with Crippen molar-refractivity contribution in [3.63, 3.8) is 0 Å². The Balaban J connectivity index is 1.72. The lowest BCUT2D eigenvalue weighted by atomic mass is 10.0. The first-order valence-electron chi connectivity index (χ1n) is 10.4. The van der Waals surface area contributed by atoms with E-state index in [1.807, 2.05) is 27.7 Å². The molecule has 0 saturated carbocycles. The van der Waals surface area contributed by atoms with Crippen LogP contribution in [0.4, 0.5) is 5.69 Å². The van der Waals surface area contributed by atoms with Crippen molar-refractivity contribution in [1.29, 1.82) is 0 Å². The van der Waals surface area contributed by atoms with Gasteiger partial charge in [0.1, 0.15) is 5.75 Å². The molecule has 1 aliphatic rings. The molecule has 0 bridgehead atoms. The maximum Gasteiger partial charge on any atom is 0.338 e. The number of anilines is 1. The third-order valence-electron chi connectivity index (χ3n) is 5.22. The zero-order valence-electron chi connectivity index (χ0n) is 18.6. The van der Waals surface area contributed by atoms with Crippen LogP contribution in [-0.2, 0) is 9.53 Å². The number of nitrogens with zero attached hydrogens (tertiary/aromatic N) is 1. The van der Waals surface area contributed by atoms with E-state index in [9.17, 15) is 19.2 Å². The van der Waals surface area contributed by atoms with E-state index in [1.54, 1.807) is 24.3 Å². The summed E-state index contributed by atoms with van der Waals surface area (Å²) in [6.45, 7) is 7.59. The van der Waals surface area contributed by atoms with E-state index in [0.29, 0.717) is 18.0 Å². The minimum atomic E-state index is -0.753. The lowest BCUT2D eigenvalue weighted by Gasteiger charge is -2.24. The SMILES string of the molecule is CCOc1ccc(N2C(=O)c3ccc(C(=O)OCC(=O)NC(C)(C)CC)cc3C2=O)cc1. The Morgan fingerprint density at radius 1 is 0.969 bits per heavy atom. The second-order valence-electron chi connectivity index (χ2n) is 7.99. The molecule has 0 saturated heterocycles. The summed E-state index contributed by atoms with van der Waals surface area (Å²) >= 11 is 0. The fourth-order valence-electron chi connectivity index (χ4n) is 3.18. The van der Waals surface area contributed by atoms with Gasteiger partial charge in [0.15, 0.2) is 6.61 Å². The fraction of sp³-hybridized carbons (Fsp3) is 0.333. The van der Waals surface area contributed by atoms with Gasteiger partial charge in [0, 0.05) is 5.54 Å². The molecule has 168 valence electrons. The van der Waals surface area contributed by atoms with Crippen LogP contribution in [0, 0.1) is 0 Å². The molecule has 1 aliphatic heterocycles. The van der Waals surface area contributed by atoms with Crippen LogP contribution in [0.1, 0.15) is 65.2 Å². The third-order valence-corrected chi connectivity index (χ3v) is 5.22. The smallest absolute Gasteiger partial charge is 0.338 e. The molecule has 0 fully saturated rings. The van der Waals surface area contributed by atoms with Gasteiger partial charge in [-0.1, -0.05) is 6.92 Å². The average molecular weight is 438 g/mol. The van der Waals surface area contributed by atoms with E-state index < -0.39 is 35.8 Å². The average Bonchev–Trinajstić information content (AvgIpc) is 3.02. The van der Waals surface area contributed by atoms with E-state index in [0.717, 1.165) is 11.3 Å². The van der Waals surface area contributed by atoms with E-state index >= 15 is 0 Å². The van der Waals surface area contributed by atoms with Crippen molar-refractivity contribution in [2.24, 2.45) is 0 Å². The number of nitrogens with one attached hydrogen (secondary N) is 1. The molecule has 3 amide bonds. The number of ether oxygens (including phenoxy) is 2.